The number of aryl methyl sites for hydroxylation is 1. The van der Waals surface area contributed by atoms with Crippen LogP contribution in [0.2, 0.25) is 0 Å². The van der Waals surface area contributed by atoms with Crippen molar-refractivity contribution in [3.05, 3.63) is 47.8 Å². The van der Waals surface area contributed by atoms with Crippen molar-refractivity contribution in [3.63, 3.8) is 0 Å². The first kappa shape index (κ1) is 10.4. The van der Waals surface area contributed by atoms with E-state index in [1.165, 1.54) is 11.1 Å². The number of nitrogens with zero attached hydrogens (tertiary/aromatic N) is 2. The van der Waals surface area contributed by atoms with E-state index in [2.05, 4.69) is 36.3 Å². The smallest absolute Gasteiger partial charge is 0.157 e. The van der Waals surface area contributed by atoms with Gasteiger partial charge in [0.05, 0.1) is 19.0 Å². The van der Waals surface area contributed by atoms with Gasteiger partial charge in [-0.15, -0.1) is 0 Å². The maximum Gasteiger partial charge on any atom is 0.157 e. The molecule has 0 radical (unpaired) electrons. The zero-order valence-electron chi connectivity index (χ0n) is 9.97. The summed E-state index contributed by atoms with van der Waals surface area (Å²) in [7, 11) is 0. The summed E-state index contributed by atoms with van der Waals surface area (Å²) in [6.45, 7) is 3.71. The molecule has 1 aliphatic carbocycles. The molecule has 0 spiro atoms. The van der Waals surface area contributed by atoms with E-state index >= 15 is 0 Å². The fraction of sp³-hybridized carbons (Fsp3) is 0.357. The van der Waals surface area contributed by atoms with Gasteiger partial charge in [-0.2, -0.15) is 5.10 Å². The molecule has 0 bridgehead atoms. The number of rotatable bonds is 4. The van der Waals surface area contributed by atoms with Crippen LogP contribution >= 0.6 is 0 Å². The Bertz CT molecular complexity index is 518. The molecular weight excluding hydrogens is 212 g/mol. The fourth-order valence-corrected chi connectivity index (χ4v) is 2.30. The molecule has 1 atom stereocenters. The van der Waals surface area contributed by atoms with Crippen molar-refractivity contribution in [2.75, 3.05) is 6.61 Å². The second kappa shape index (κ2) is 4.24. The summed E-state index contributed by atoms with van der Waals surface area (Å²) in [6.07, 6.45) is 4.87. The number of ether oxygens (including phenoxy) is 1. The molecule has 0 N–H and O–H groups in total. The summed E-state index contributed by atoms with van der Waals surface area (Å²) < 4.78 is 7.64. The highest BCUT2D eigenvalue weighted by molar-refractivity contribution is 5.40. The largest absolute Gasteiger partial charge is 0.490 e. The van der Waals surface area contributed by atoms with Gasteiger partial charge in [0.2, 0.25) is 0 Å². The molecule has 1 heterocycles. The molecule has 1 aromatic carbocycles. The van der Waals surface area contributed by atoms with Crippen LogP contribution in [0, 0.1) is 0 Å². The lowest BCUT2D eigenvalue weighted by atomic mass is 9.78. The van der Waals surface area contributed by atoms with E-state index < -0.39 is 0 Å². The van der Waals surface area contributed by atoms with Gasteiger partial charge in [-0.25, -0.2) is 0 Å². The van der Waals surface area contributed by atoms with E-state index in [-0.39, 0.29) is 0 Å². The first-order valence-corrected chi connectivity index (χ1v) is 6.10. The SMILES string of the molecule is CCn1cc(OCC2Cc3ccccc32)cn1. The van der Waals surface area contributed by atoms with Gasteiger partial charge in [-0.3, -0.25) is 4.68 Å². The maximum atomic E-state index is 5.77. The predicted octanol–water partition coefficient (Wildman–Crippen LogP) is 2.62. The van der Waals surface area contributed by atoms with Gasteiger partial charge in [-0.05, 0) is 24.5 Å². The van der Waals surface area contributed by atoms with Crippen LogP contribution in [0.4, 0.5) is 0 Å². The Hall–Kier alpha value is -1.77. The van der Waals surface area contributed by atoms with Gasteiger partial charge in [0, 0.05) is 12.5 Å². The lowest BCUT2D eigenvalue weighted by molar-refractivity contribution is 0.275. The summed E-state index contributed by atoms with van der Waals surface area (Å²) in [5.41, 5.74) is 2.90. The number of hydrogen-bond acceptors (Lipinski definition) is 2. The van der Waals surface area contributed by atoms with Gasteiger partial charge in [0.1, 0.15) is 0 Å². The van der Waals surface area contributed by atoms with E-state index in [1.54, 1.807) is 6.20 Å². The summed E-state index contributed by atoms with van der Waals surface area (Å²) in [4.78, 5) is 0. The Kier molecular flexibility index (Phi) is 2.59. The average molecular weight is 228 g/mol. The molecule has 0 saturated carbocycles. The number of fused-ring (bicyclic) bond motifs is 1. The highest BCUT2D eigenvalue weighted by Crippen LogP contribution is 2.34. The lowest BCUT2D eigenvalue weighted by Gasteiger charge is -2.29. The second-order valence-corrected chi connectivity index (χ2v) is 4.44. The maximum absolute atomic E-state index is 5.77. The van der Waals surface area contributed by atoms with Crippen molar-refractivity contribution in [2.45, 2.75) is 25.8 Å². The molecule has 0 amide bonds. The third kappa shape index (κ3) is 1.93. The number of benzene rings is 1. The topological polar surface area (TPSA) is 27.1 Å². The second-order valence-electron chi connectivity index (χ2n) is 4.44. The van der Waals surface area contributed by atoms with E-state index in [4.69, 9.17) is 4.74 Å². The first-order chi connectivity index (χ1) is 8.36. The Morgan fingerprint density at radius 2 is 2.29 bits per heavy atom. The molecule has 1 aromatic heterocycles. The highest BCUT2D eigenvalue weighted by Gasteiger charge is 2.25. The Balaban J connectivity index is 1.60. The molecule has 2 aromatic rings. The number of hydrogen-bond donors (Lipinski definition) is 0. The zero-order chi connectivity index (χ0) is 11.7. The van der Waals surface area contributed by atoms with Gasteiger partial charge in [0.25, 0.3) is 0 Å². The minimum absolute atomic E-state index is 0.552. The van der Waals surface area contributed by atoms with Crippen LogP contribution in [0.3, 0.4) is 0 Å². The molecule has 0 fully saturated rings. The molecule has 0 saturated heterocycles. The Morgan fingerprint density at radius 3 is 3.06 bits per heavy atom. The lowest BCUT2D eigenvalue weighted by Crippen LogP contribution is -2.22. The standard InChI is InChI=1S/C14H16N2O/c1-2-16-9-13(8-15-16)17-10-12-7-11-5-3-4-6-14(11)12/h3-6,8-9,12H,2,7,10H2,1H3. The van der Waals surface area contributed by atoms with Gasteiger partial charge in [0.15, 0.2) is 5.75 Å². The molecule has 1 unspecified atom stereocenters. The van der Waals surface area contributed by atoms with Crippen molar-refractivity contribution >= 4 is 0 Å². The summed E-state index contributed by atoms with van der Waals surface area (Å²) in [5.74, 6) is 1.42. The normalized spacial score (nSPS) is 17.4. The van der Waals surface area contributed by atoms with E-state index in [9.17, 15) is 0 Å². The molecule has 1 aliphatic rings. The summed E-state index contributed by atoms with van der Waals surface area (Å²) in [5, 5.41) is 4.19. The van der Waals surface area contributed by atoms with Crippen LogP contribution in [-0.4, -0.2) is 16.4 Å². The van der Waals surface area contributed by atoms with Crippen molar-refractivity contribution in [2.24, 2.45) is 0 Å². The molecule has 17 heavy (non-hydrogen) atoms. The molecular formula is C14H16N2O. The Morgan fingerprint density at radius 1 is 1.41 bits per heavy atom. The van der Waals surface area contributed by atoms with Crippen LogP contribution in [0.25, 0.3) is 0 Å². The van der Waals surface area contributed by atoms with Crippen LogP contribution in [0.5, 0.6) is 5.75 Å². The highest BCUT2D eigenvalue weighted by atomic mass is 16.5. The molecule has 3 heteroatoms. The van der Waals surface area contributed by atoms with Crippen LogP contribution < -0.4 is 4.74 Å². The van der Waals surface area contributed by atoms with Crippen molar-refractivity contribution in [1.82, 2.24) is 9.78 Å². The first-order valence-electron chi connectivity index (χ1n) is 6.10. The third-order valence-electron chi connectivity index (χ3n) is 3.35. The van der Waals surface area contributed by atoms with Gasteiger partial charge in [-0.1, -0.05) is 24.3 Å². The fourth-order valence-electron chi connectivity index (χ4n) is 2.30. The van der Waals surface area contributed by atoms with E-state index in [0.29, 0.717) is 5.92 Å². The third-order valence-corrected chi connectivity index (χ3v) is 3.35. The minimum atomic E-state index is 0.552. The summed E-state index contributed by atoms with van der Waals surface area (Å²) >= 11 is 0. The Labute approximate surface area is 101 Å². The summed E-state index contributed by atoms with van der Waals surface area (Å²) in [6, 6.07) is 8.59. The zero-order valence-corrected chi connectivity index (χ0v) is 9.97. The quantitative estimate of drug-likeness (QED) is 0.804. The number of aromatic nitrogens is 2. The van der Waals surface area contributed by atoms with Crippen LogP contribution in [0.1, 0.15) is 24.0 Å². The van der Waals surface area contributed by atoms with Crippen molar-refractivity contribution < 1.29 is 4.74 Å². The van der Waals surface area contributed by atoms with Crippen LogP contribution in [0.15, 0.2) is 36.7 Å². The minimum Gasteiger partial charge on any atom is -0.490 e. The van der Waals surface area contributed by atoms with Crippen molar-refractivity contribution in [1.29, 1.82) is 0 Å². The monoisotopic (exact) mass is 228 g/mol. The predicted molar refractivity (Wildman–Crippen MR) is 66.3 cm³/mol. The molecule has 3 nitrogen and oxygen atoms in total. The molecule has 0 aliphatic heterocycles. The van der Waals surface area contributed by atoms with Gasteiger partial charge < -0.3 is 4.74 Å². The van der Waals surface area contributed by atoms with E-state index in [1.807, 2.05) is 10.9 Å². The molecule has 3 rings (SSSR count). The van der Waals surface area contributed by atoms with E-state index in [0.717, 1.165) is 25.3 Å². The van der Waals surface area contributed by atoms with Crippen LogP contribution in [-0.2, 0) is 13.0 Å². The van der Waals surface area contributed by atoms with Gasteiger partial charge >= 0.3 is 0 Å². The average Bonchev–Trinajstić information content (AvgIpc) is 2.78. The molecule has 88 valence electrons. The van der Waals surface area contributed by atoms with Crippen molar-refractivity contribution in [3.8, 4) is 5.75 Å².